The van der Waals surface area contributed by atoms with Gasteiger partial charge < -0.3 is 10.1 Å². The summed E-state index contributed by atoms with van der Waals surface area (Å²) in [5, 5.41) is 3.67. The highest BCUT2D eigenvalue weighted by molar-refractivity contribution is 5.27. The molecule has 1 N–H and O–H groups in total. The van der Waals surface area contributed by atoms with Crippen LogP contribution in [0.2, 0.25) is 0 Å². The first-order valence-electron chi connectivity index (χ1n) is 8.24. The van der Waals surface area contributed by atoms with Gasteiger partial charge in [0.05, 0.1) is 6.61 Å². The summed E-state index contributed by atoms with van der Waals surface area (Å²) < 4.78 is 5.69. The second kappa shape index (κ2) is 8.31. The Morgan fingerprint density at radius 2 is 1.90 bits per heavy atom. The molecule has 2 rings (SSSR count). The Hall–Kier alpha value is -1.02. The second-order valence-electron chi connectivity index (χ2n) is 6.06. The molecule has 20 heavy (non-hydrogen) atoms. The summed E-state index contributed by atoms with van der Waals surface area (Å²) in [5.41, 5.74) is 1.35. The zero-order valence-electron chi connectivity index (χ0n) is 13.0. The number of hydrogen-bond donors (Lipinski definition) is 1. The van der Waals surface area contributed by atoms with Crippen molar-refractivity contribution in [1.29, 1.82) is 0 Å². The van der Waals surface area contributed by atoms with Gasteiger partial charge in [0.1, 0.15) is 5.75 Å². The number of benzene rings is 1. The highest BCUT2D eigenvalue weighted by Crippen LogP contribution is 2.27. The minimum absolute atomic E-state index is 0.637. The molecule has 0 spiro atoms. The van der Waals surface area contributed by atoms with Gasteiger partial charge in [0, 0.05) is 12.6 Å². The van der Waals surface area contributed by atoms with Crippen LogP contribution in [0.5, 0.6) is 5.75 Å². The van der Waals surface area contributed by atoms with Crippen LogP contribution >= 0.6 is 0 Å². The maximum Gasteiger partial charge on any atom is 0.119 e. The number of ether oxygens (including phenoxy) is 1. The lowest BCUT2D eigenvalue weighted by molar-refractivity contribution is 0.309. The van der Waals surface area contributed by atoms with Gasteiger partial charge >= 0.3 is 0 Å². The van der Waals surface area contributed by atoms with Gasteiger partial charge in [0.15, 0.2) is 0 Å². The van der Waals surface area contributed by atoms with Crippen LogP contribution in [0, 0.1) is 5.92 Å². The first-order valence-corrected chi connectivity index (χ1v) is 8.24. The molecule has 1 atom stereocenters. The molecule has 0 bridgehead atoms. The summed E-state index contributed by atoms with van der Waals surface area (Å²) >= 11 is 0. The van der Waals surface area contributed by atoms with Crippen molar-refractivity contribution in [2.75, 3.05) is 6.61 Å². The minimum Gasteiger partial charge on any atom is -0.494 e. The van der Waals surface area contributed by atoms with Gasteiger partial charge in [-0.15, -0.1) is 0 Å². The average molecular weight is 275 g/mol. The molecule has 112 valence electrons. The molecular weight excluding hydrogens is 246 g/mol. The van der Waals surface area contributed by atoms with Gasteiger partial charge in [0.2, 0.25) is 0 Å². The molecule has 1 fully saturated rings. The van der Waals surface area contributed by atoms with Crippen molar-refractivity contribution in [3.05, 3.63) is 29.8 Å². The lowest BCUT2D eigenvalue weighted by Gasteiger charge is -2.20. The Morgan fingerprint density at radius 3 is 2.55 bits per heavy atom. The van der Waals surface area contributed by atoms with E-state index < -0.39 is 0 Å². The van der Waals surface area contributed by atoms with Gasteiger partial charge in [-0.1, -0.05) is 38.3 Å². The van der Waals surface area contributed by atoms with Crippen molar-refractivity contribution in [1.82, 2.24) is 5.32 Å². The second-order valence-corrected chi connectivity index (χ2v) is 6.06. The van der Waals surface area contributed by atoms with E-state index in [0.29, 0.717) is 6.04 Å². The Bertz CT molecular complexity index is 368. The van der Waals surface area contributed by atoms with E-state index in [4.69, 9.17) is 4.74 Å². The normalized spacial score (nSPS) is 17.3. The summed E-state index contributed by atoms with van der Waals surface area (Å²) in [6, 6.07) is 9.17. The molecule has 1 aromatic carbocycles. The average Bonchev–Trinajstić information content (AvgIpc) is 3.01. The minimum atomic E-state index is 0.637. The first-order chi connectivity index (χ1) is 9.79. The summed E-state index contributed by atoms with van der Waals surface area (Å²) in [6.07, 6.45) is 7.95. The van der Waals surface area contributed by atoms with E-state index in [0.717, 1.165) is 31.2 Å². The van der Waals surface area contributed by atoms with E-state index in [1.807, 2.05) is 0 Å². The number of nitrogens with one attached hydrogen (secondary N) is 1. The molecule has 0 unspecified atom stereocenters. The largest absolute Gasteiger partial charge is 0.494 e. The third kappa shape index (κ3) is 4.82. The highest BCUT2D eigenvalue weighted by atomic mass is 16.5. The number of rotatable bonds is 8. The van der Waals surface area contributed by atoms with Crippen molar-refractivity contribution in [3.63, 3.8) is 0 Å². The quantitative estimate of drug-likeness (QED) is 0.704. The zero-order valence-corrected chi connectivity index (χ0v) is 13.0. The highest BCUT2D eigenvalue weighted by Gasteiger charge is 2.20. The third-order valence-electron chi connectivity index (χ3n) is 4.43. The van der Waals surface area contributed by atoms with Gasteiger partial charge in [0.25, 0.3) is 0 Å². The molecule has 0 amide bonds. The molecule has 0 radical (unpaired) electrons. The Kier molecular flexibility index (Phi) is 6.38. The lowest BCUT2D eigenvalue weighted by Crippen LogP contribution is -2.31. The number of unbranched alkanes of at least 4 members (excludes halogenated alkanes) is 1. The van der Waals surface area contributed by atoms with E-state index in [9.17, 15) is 0 Å². The molecule has 0 heterocycles. The summed E-state index contributed by atoms with van der Waals surface area (Å²) in [7, 11) is 0. The van der Waals surface area contributed by atoms with Gasteiger partial charge in [-0.05, 0) is 49.8 Å². The van der Waals surface area contributed by atoms with Crippen LogP contribution in [0.1, 0.15) is 57.9 Å². The maximum atomic E-state index is 5.69. The van der Waals surface area contributed by atoms with Crippen molar-refractivity contribution in [2.45, 2.75) is 65.0 Å². The molecule has 0 aliphatic heterocycles. The predicted molar refractivity (Wildman–Crippen MR) is 85.1 cm³/mol. The summed E-state index contributed by atoms with van der Waals surface area (Å²) in [4.78, 5) is 0. The fourth-order valence-electron chi connectivity index (χ4n) is 2.94. The Labute approximate surface area is 123 Å². The van der Waals surface area contributed by atoms with Crippen LogP contribution in [-0.2, 0) is 6.54 Å². The monoisotopic (exact) mass is 275 g/mol. The van der Waals surface area contributed by atoms with E-state index in [1.54, 1.807) is 0 Å². The standard InChI is InChI=1S/C18H29NO/c1-3-4-13-20-18-11-9-16(10-12-18)14-19-15(2)17-7-5-6-8-17/h9-12,15,17,19H,3-8,13-14H2,1-2H3/t15-/m0/s1. The van der Waals surface area contributed by atoms with Crippen LogP contribution in [0.15, 0.2) is 24.3 Å². The first kappa shape index (κ1) is 15.4. The van der Waals surface area contributed by atoms with E-state index in [2.05, 4.69) is 43.4 Å². The third-order valence-corrected chi connectivity index (χ3v) is 4.43. The molecule has 1 aliphatic carbocycles. The van der Waals surface area contributed by atoms with Gasteiger partial charge in [-0.2, -0.15) is 0 Å². The molecule has 2 heteroatoms. The fraction of sp³-hybridized carbons (Fsp3) is 0.667. The smallest absolute Gasteiger partial charge is 0.119 e. The molecule has 2 nitrogen and oxygen atoms in total. The van der Waals surface area contributed by atoms with E-state index in [1.165, 1.54) is 37.7 Å². The van der Waals surface area contributed by atoms with Gasteiger partial charge in [-0.3, -0.25) is 0 Å². The predicted octanol–water partition coefficient (Wildman–Crippen LogP) is 4.53. The molecule has 1 saturated carbocycles. The van der Waals surface area contributed by atoms with Crippen molar-refractivity contribution >= 4 is 0 Å². The van der Waals surface area contributed by atoms with Crippen molar-refractivity contribution in [3.8, 4) is 5.75 Å². The van der Waals surface area contributed by atoms with Crippen LogP contribution in [0.3, 0.4) is 0 Å². The lowest BCUT2D eigenvalue weighted by atomic mass is 9.99. The molecule has 1 aliphatic rings. The molecular formula is C18H29NO. The molecule has 0 aromatic heterocycles. The molecule has 0 saturated heterocycles. The van der Waals surface area contributed by atoms with Crippen LogP contribution in [0.4, 0.5) is 0 Å². The Morgan fingerprint density at radius 1 is 1.20 bits per heavy atom. The zero-order chi connectivity index (χ0) is 14.2. The van der Waals surface area contributed by atoms with Gasteiger partial charge in [-0.25, -0.2) is 0 Å². The topological polar surface area (TPSA) is 21.3 Å². The molecule has 1 aromatic rings. The van der Waals surface area contributed by atoms with Crippen molar-refractivity contribution < 1.29 is 4.74 Å². The summed E-state index contributed by atoms with van der Waals surface area (Å²) in [5.74, 6) is 1.87. The summed E-state index contributed by atoms with van der Waals surface area (Å²) in [6.45, 7) is 6.31. The van der Waals surface area contributed by atoms with Crippen LogP contribution < -0.4 is 10.1 Å². The van der Waals surface area contributed by atoms with E-state index in [-0.39, 0.29) is 0 Å². The maximum absolute atomic E-state index is 5.69. The Balaban J connectivity index is 1.72. The van der Waals surface area contributed by atoms with Crippen molar-refractivity contribution in [2.24, 2.45) is 5.92 Å². The van der Waals surface area contributed by atoms with Crippen LogP contribution in [0.25, 0.3) is 0 Å². The van der Waals surface area contributed by atoms with Crippen LogP contribution in [-0.4, -0.2) is 12.6 Å². The SMILES string of the molecule is CCCCOc1ccc(CN[C@@H](C)C2CCCC2)cc1. The number of hydrogen-bond acceptors (Lipinski definition) is 2. The van der Waals surface area contributed by atoms with E-state index >= 15 is 0 Å². The fourth-order valence-corrected chi connectivity index (χ4v) is 2.94.